The summed E-state index contributed by atoms with van der Waals surface area (Å²) in [5, 5.41) is 3.40. The van der Waals surface area contributed by atoms with Crippen LogP contribution in [0.3, 0.4) is 0 Å². The first-order valence-corrected chi connectivity index (χ1v) is 4.00. The fourth-order valence-electron chi connectivity index (χ4n) is 0.839. The van der Waals surface area contributed by atoms with Crippen LogP contribution in [0.4, 0.5) is 0 Å². The molecule has 1 heterocycles. The third kappa shape index (κ3) is 1.14. The minimum Gasteiger partial charge on any atom is -0.304 e. The number of hydrogen-bond acceptors (Lipinski definition) is 1. The molecular weight excluding hydrogens is 105 g/mol. The van der Waals surface area contributed by atoms with Crippen LogP contribution in [0.25, 0.3) is 0 Å². The van der Waals surface area contributed by atoms with Gasteiger partial charge in [-0.05, 0) is 13.3 Å². The van der Waals surface area contributed by atoms with Crippen molar-refractivity contribution in [1.29, 1.82) is 0 Å². The van der Waals surface area contributed by atoms with Gasteiger partial charge in [-0.2, -0.15) is 0 Å². The van der Waals surface area contributed by atoms with Crippen LogP contribution < -0.4 is 5.32 Å². The van der Waals surface area contributed by atoms with Crippen molar-refractivity contribution in [2.45, 2.75) is 31.8 Å². The van der Waals surface area contributed by atoms with Gasteiger partial charge in [0.15, 0.2) is 0 Å². The van der Waals surface area contributed by atoms with E-state index in [1.165, 1.54) is 15.0 Å². The molecule has 1 nitrogen and oxygen atoms in total. The summed E-state index contributed by atoms with van der Waals surface area (Å²) < 4.78 is 0. The molecule has 1 aliphatic rings. The van der Waals surface area contributed by atoms with Crippen LogP contribution in [0.1, 0.15) is 20.3 Å². The second-order valence-corrected chi connectivity index (χ2v) is 3.91. The maximum Gasteiger partial charge on any atom is 0.0258 e. The zero-order valence-electron chi connectivity index (χ0n) is 4.86. The Hall–Kier alpha value is 0.390. The summed E-state index contributed by atoms with van der Waals surface area (Å²) in [5.74, 6) is 1.69. The molecule has 3 atom stereocenters. The smallest absolute Gasteiger partial charge is 0.0258 e. The predicted octanol–water partition coefficient (Wildman–Crippen LogP) is 1.35. The van der Waals surface area contributed by atoms with Crippen LogP contribution in [0, 0.1) is 0 Å². The zero-order chi connectivity index (χ0) is 5.28. The van der Waals surface area contributed by atoms with Crippen molar-refractivity contribution in [1.82, 2.24) is 5.32 Å². The van der Waals surface area contributed by atoms with Crippen molar-refractivity contribution in [3.63, 3.8) is 0 Å². The fraction of sp³-hybridized carbons (Fsp3) is 1.00. The Balaban J connectivity index is 2.06. The maximum absolute atomic E-state index is 3.40. The topological polar surface area (TPSA) is 12.0 Å². The van der Waals surface area contributed by atoms with E-state index < -0.39 is 0 Å². The van der Waals surface area contributed by atoms with E-state index in [4.69, 9.17) is 0 Å². The largest absolute Gasteiger partial charge is 0.304 e. The molecule has 0 spiro atoms. The third-order valence-corrected chi connectivity index (χ3v) is 2.95. The summed E-state index contributed by atoms with van der Waals surface area (Å²) in [6.07, 6.45) is 1.31. The monoisotopic (exact) mass is 117 g/mol. The van der Waals surface area contributed by atoms with E-state index in [2.05, 4.69) is 19.2 Å². The minimum absolute atomic E-state index is 0.824. The average molecular weight is 117 g/mol. The lowest BCUT2D eigenvalue weighted by Crippen LogP contribution is -2.41. The Bertz CT molecular complexity index is 59.1. The molecule has 1 fully saturated rings. The van der Waals surface area contributed by atoms with Crippen molar-refractivity contribution < 1.29 is 0 Å². The van der Waals surface area contributed by atoms with Gasteiger partial charge in [-0.25, -0.2) is 0 Å². The van der Waals surface area contributed by atoms with Gasteiger partial charge in [-0.3, -0.25) is 0 Å². The highest BCUT2D eigenvalue weighted by atomic mass is 31.1. The second-order valence-electron chi connectivity index (χ2n) is 2.02. The lowest BCUT2D eigenvalue weighted by molar-refractivity contribution is 0.563. The fourth-order valence-corrected chi connectivity index (χ4v) is 2.05. The lowest BCUT2D eigenvalue weighted by Gasteiger charge is -2.34. The normalized spacial score (nSPS) is 43.7. The molecule has 2 heteroatoms. The van der Waals surface area contributed by atoms with Gasteiger partial charge in [-0.1, -0.05) is 15.5 Å². The summed E-state index contributed by atoms with van der Waals surface area (Å²) in [4.78, 5) is 0. The Morgan fingerprint density at radius 1 is 1.71 bits per heavy atom. The van der Waals surface area contributed by atoms with Crippen LogP contribution in [-0.2, 0) is 0 Å². The van der Waals surface area contributed by atoms with E-state index in [9.17, 15) is 0 Å². The summed E-state index contributed by atoms with van der Waals surface area (Å²) in [6.45, 7) is 4.47. The first-order valence-electron chi connectivity index (χ1n) is 2.85. The molecule has 0 radical (unpaired) electrons. The van der Waals surface area contributed by atoms with E-state index >= 15 is 0 Å². The van der Waals surface area contributed by atoms with Crippen LogP contribution in [0.2, 0.25) is 0 Å². The lowest BCUT2D eigenvalue weighted by atomic mass is 10.4. The quantitative estimate of drug-likeness (QED) is 0.511. The van der Waals surface area contributed by atoms with Crippen LogP contribution in [0.5, 0.6) is 0 Å². The first-order chi connectivity index (χ1) is 3.33. The predicted molar refractivity (Wildman–Crippen MR) is 35.0 cm³/mol. The SMILES string of the molecule is CCC1NC(C)P1. The Morgan fingerprint density at radius 2 is 2.29 bits per heavy atom. The van der Waals surface area contributed by atoms with Crippen molar-refractivity contribution in [3.05, 3.63) is 0 Å². The van der Waals surface area contributed by atoms with E-state index in [-0.39, 0.29) is 0 Å². The molecule has 1 rings (SSSR count). The van der Waals surface area contributed by atoms with Crippen molar-refractivity contribution in [3.8, 4) is 0 Å². The van der Waals surface area contributed by atoms with Gasteiger partial charge < -0.3 is 5.32 Å². The van der Waals surface area contributed by atoms with Gasteiger partial charge >= 0.3 is 0 Å². The highest BCUT2D eigenvalue weighted by Gasteiger charge is 2.20. The van der Waals surface area contributed by atoms with Gasteiger partial charge in [0.2, 0.25) is 0 Å². The molecule has 1 N–H and O–H groups in total. The number of nitrogens with one attached hydrogen (secondary N) is 1. The summed E-state index contributed by atoms with van der Waals surface area (Å²) in [7, 11) is 1.17. The van der Waals surface area contributed by atoms with Crippen molar-refractivity contribution in [2.75, 3.05) is 0 Å². The number of hydrogen-bond donors (Lipinski definition) is 1. The molecule has 0 aromatic rings. The van der Waals surface area contributed by atoms with Gasteiger partial charge in [0.25, 0.3) is 0 Å². The second kappa shape index (κ2) is 2.11. The highest BCUT2D eigenvalue weighted by molar-refractivity contribution is 7.41. The molecule has 0 aromatic carbocycles. The minimum atomic E-state index is 0.824. The molecule has 0 aromatic heterocycles. The van der Waals surface area contributed by atoms with Crippen molar-refractivity contribution >= 4 is 8.58 Å². The van der Waals surface area contributed by atoms with Crippen LogP contribution >= 0.6 is 8.58 Å². The molecule has 0 aliphatic carbocycles. The Labute approximate surface area is 46.7 Å². The molecule has 0 saturated carbocycles. The molecule has 1 saturated heterocycles. The summed E-state index contributed by atoms with van der Waals surface area (Å²) >= 11 is 0. The molecule has 0 amide bonds. The first kappa shape index (κ1) is 5.53. The highest BCUT2D eigenvalue weighted by Crippen LogP contribution is 2.33. The standard InChI is InChI=1S/C5H12NP/c1-3-5-6-4(2)7-5/h4-7H,3H2,1-2H3. The van der Waals surface area contributed by atoms with Gasteiger partial charge in [0.1, 0.15) is 0 Å². The van der Waals surface area contributed by atoms with Gasteiger partial charge in [0.05, 0.1) is 0 Å². The number of rotatable bonds is 1. The zero-order valence-corrected chi connectivity index (χ0v) is 5.86. The van der Waals surface area contributed by atoms with Gasteiger partial charge in [0, 0.05) is 11.6 Å². The molecular formula is C5H12NP. The van der Waals surface area contributed by atoms with Crippen LogP contribution in [-0.4, -0.2) is 11.6 Å². The summed E-state index contributed by atoms with van der Waals surface area (Å²) in [5.41, 5.74) is 0. The Morgan fingerprint density at radius 3 is 2.43 bits per heavy atom. The molecule has 7 heavy (non-hydrogen) atoms. The summed E-state index contributed by atoms with van der Waals surface area (Å²) in [6, 6.07) is 0. The molecule has 42 valence electrons. The molecule has 1 aliphatic heterocycles. The third-order valence-electron chi connectivity index (χ3n) is 1.31. The van der Waals surface area contributed by atoms with Gasteiger partial charge in [-0.15, -0.1) is 0 Å². The van der Waals surface area contributed by atoms with E-state index in [1.807, 2.05) is 0 Å². The Kier molecular flexibility index (Phi) is 1.66. The average Bonchev–Trinajstić information content (AvgIpc) is 1.58. The van der Waals surface area contributed by atoms with Crippen LogP contribution in [0.15, 0.2) is 0 Å². The molecule has 0 bridgehead atoms. The maximum atomic E-state index is 3.40. The van der Waals surface area contributed by atoms with E-state index in [0.717, 1.165) is 11.6 Å². The van der Waals surface area contributed by atoms with E-state index in [1.54, 1.807) is 0 Å². The van der Waals surface area contributed by atoms with E-state index in [0.29, 0.717) is 0 Å². The molecule has 3 unspecified atom stereocenters. The van der Waals surface area contributed by atoms with Crippen molar-refractivity contribution in [2.24, 2.45) is 0 Å².